The standard InChI is InChI=1S/C17H27NO2/c1-12(11-18-13(2)16(19)20)10-14-6-8-15(9-7-14)17(3,4)5/h6-9,12-13,18H,10-11H2,1-5H3,(H,19,20)/t12?,13-/m1/s1. The van der Waals surface area contributed by atoms with Crippen molar-refractivity contribution < 1.29 is 9.90 Å². The van der Waals surface area contributed by atoms with Crippen molar-refractivity contribution in [2.24, 2.45) is 5.92 Å². The van der Waals surface area contributed by atoms with E-state index < -0.39 is 12.0 Å². The molecule has 1 aromatic rings. The van der Waals surface area contributed by atoms with Crippen LogP contribution in [-0.4, -0.2) is 23.7 Å². The van der Waals surface area contributed by atoms with Gasteiger partial charge in [-0.2, -0.15) is 0 Å². The lowest BCUT2D eigenvalue weighted by molar-refractivity contribution is -0.139. The van der Waals surface area contributed by atoms with Crippen LogP contribution in [0, 0.1) is 5.92 Å². The molecule has 0 aliphatic heterocycles. The van der Waals surface area contributed by atoms with Crippen LogP contribution in [0.15, 0.2) is 24.3 Å². The summed E-state index contributed by atoms with van der Waals surface area (Å²) in [4.78, 5) is 10.7. The minimum atomic E-state index is -0.799. The van der Waals surface area contributed by atoms with Gasteiger partial charge in [0, 0.05) is 0 Å². The van der Waals surface area contributed by atoms with Crippen molar-refractivity contribution in [3.63, 3.8) is 0 Å². The number of hydrogen-bond acceptors (Lipinski definition) is 2. The van der Waals surface area contributed by atoms with Crippen LogP contribution in [0.4, 0.5) is 0 Å². The van der Waals surface area contributed by atoms with Gasteiger partial charge in [-0.3, -0.25) is 4.79 Å². The molecule has 0 bridgehead atoms. The highest BCUT2D eigenvalue weighted by Crippen LogP contribution is 2.22. The van der Waals surface area contributed by atoms with Gasteiger partial charge in [-0.25, -0.2) is 0 Å². The SMILES string of the molecule is CC(CN[C@H](C)C(=O)O)Cc1ccc(C(C)(C)C)cc1. The van der Waals surface area contributed by atoms with E-state index in [1.807, 2.05) is 0 Å². The summed E-state index contributed by atoms with van der Waals surface area (Å²) in [5, 5.41) is 11.9. The molecule has 1 rings (SSSR count). The topological polar surface area (TPSA) is 49.3 Å². The molecule has 0 aliphatic carbocycles. The highest BCUT2D eigenvalue weighted by molar-refractivity contribution is 5.72. The van der Waals surface area contributed by atoms with Gasteiger partial charge in [-0.1, -0.05) is 52.0 Å². The summed E-state index contributed by atoms with van der Waals surface area (Å²) in [5.74, 6) is -0.385. The average Bonchev–Trinajstić information content (AvgIpc) is 2.35. The third-order valence-corrected chi connectivity index (χ3v) is 3.55. The van der Waals surface area contributed by atoms with E-state index in [-0.39, 0.29) is 5.41 Å². The molecule has 1 aromatic carbocycles. The van der Waals surface area contributed by atoms with Gasteiger partial charge >= 0.3 is 5.97 Å². The summed E-state index contributed by atoms with van der Waals surface area (Å²) < 4.78 is 0. The molecule has 0 aliphatic rings. The lowest BCUT2D eigenvalue weighted by Gasteiger charge is -2.20. The van der Waals surface area contributed by atoms with Gasteiger partial charge in [-0.15, -0.1) is 0 Å². The Balaban J connectivity index is 2.50. The number of aliphatic carboxylic acids is 1. The number of carboxylic acids is 1. The van der Waals surface area contributed by atoms with Gasteiger partial charge in [0.15, 0.2) is 0 Å². The Morgan fingerprint density at radius 1 is 1.20 bits per heavy atom. The number of nitrogens with one attached hydrogen (secondary N) is 1. The summed E-state index contributed by atoms with van der Waals surface area (Å²) in [6.07, 6.45) is 0.962. The minimum absolute atomic E-state index is 0.183. The predicted octanol–water partition coefficient (Wildman–Crippen LogP) is 3.23. The monoisotopic (exact) mass is 277 g/mol. The molecule has 2 atom stereocenters. The van der Waals surface area contributed by atoms with Crippen molar-refractivity contribution in [1.29, 1.82) is 0 Å². The Morgan fingerprint density at radius 2 is 1.75 bits per heavy atom. The van der Waals surface area contributed by atoms with E-state index in [0.717, 1.165) is 6.42 Å². The maximum absolute atomic E-state index is 10.7. The molecule has 2 N–H and O–H groups in total. The molecule has 0 saturated heterocycles. The van der Waals surface area contributed by atoms with Crippen molar-refractivity contribution in [3.8, 4) is 0 Å². The lowest BCUT2D eigenvalue weighted by Crippen LogP contribution is -2.36. The predicted molar refractivity (Wildman–Crippen MR) is 83.1 cm³/mol. The Kier molecular flexibility index (Phi) is 5.75. The van der Waals surface area contributed by atoms with Crippen LogP contribution in [0.5, 0.6) is 0 Å². The largest absolute Gasteiger partial charge is 0.480 e. The molecular weight excluding hydrogens is 250 g/mol. The smallest absolute Gasteiger partial charge is 0.320 e. The molecule has 0 heterocycles. The van der Waals surface area contributed by atoms with Crippen LogP contribution in [0.3, 0.4) is 0 Å². The zero-order valence-electron chi connectivity index (χ0n) is 13.2. The zero-order valence-corrected chi connectivity index (χ0v) is 13.2. The third-order valence-electron chi connectivity index (χ3n) is 3.55. The first-order valence-corrected chi connectivity index (χ1v) is 7.25. The molecule has 112 valence electrons. The van der Waals surface area contributed by atoms with E-state index in [9.17, 15) is 4.79 Å². The molecule has 0 spiro atoms. The second kappa shape index (κ2) is 6.89. The van der Waals surface area contributed by atoms with E-state index in [4.69, 9.17) is 5.11 Å². The van der Waals surface area contributed by atoms with Crippen LogP contribution in [-0.2, 0) is 16.6 Å². The molecular formula is C17H27NO2. The molecule has 3 nitrogen and oxygen atoms in total. The van der Waals surface area contributed by atoms with Crippen LogP contribution in [0.1, 0.15) is 45.7 Å². The van der Waals surface area contributed by atoms with Crippen molar-refractivity contribution in [3.05, 3.63) is 35.4 Å². The minimum Gasteiger partial charge on any atom is -0.480 e. The molecule has 0 fully saturated rings. The number of benzene rings is 1. The number of rotatable bonds is 6. The molecule has 0 amide bonds. The summed E-state index contributed by atoms with van der Waals surface area (Å²) in [7, 11) is 0. The quantitative estimate of drug-likeness (QED) is 0.839. The summed E-state index contributed by atoms with van der Waals surface area (Å²) in [6.45, 7) is 11.2. The van der Waals surface area contributed by atoms with Crippen molar-refractivity contribution in [2.45, 2.75) is 52.5 Å². The van der Waals surface area contributed by atoms with Crippen LogP contribution in [0.25, 0.3) is 0 Å². The fourth-order valence-corrected chi connectivity index (χ4v) is 2.08. The number of carbonyl (C=O) groups is 1. The normalized spacial score (nSPS) is 14.8. The molecule has 20 heavy (non-hydrogen) atoms. The van der Waals surface area contributed by atoms with Gasteiger partial charge in [0.2, 0.25) is 0 Å². The maximum Gasteiger partial charge on any atom is 0.320 e. The third kappa shape index (κ3) is 5.33. The number of carboxylic acid groups (broad SMARTS) is 1. The van der Waals surface area contributed by atoms with E-state index in [1.165, 1.54) is 11.1 Å². The van der Waals surface area contributed by atoms with E-state index in [0.29, 0.717) is 12.5 Å². The second-order valence-corrected chi connectivity index (χ2v) is 6.72. The Labute approximate surface area is 122 Å². The van der Waals surface area contributed by atoms with E-state index in [1.54, 1.807) is 6.92 Å². The summed E-state index contributed by atoms with van der Waals surface area (Å²) in [6, 6.07) is 8.25. The number of hydrogen-bond donors (Lipinski definition) is 2. The lowest BCUT2D eigenvalue weighted by atomic mass is 9.86. The maximum atomic E-state index is 10.7. The van der Waals surface area contributed by atoms with E-state index in [2.05, 4.69) is 57.3 Å². The van der Waals surface area contributed by atoms with Crippen LogP contribution in [0.2, 0.25) is 0 Å². The average molecular weight is 277 g/mol. The molecule has 1 unspecified atom stereocenters. The van der Waals surface area contributed by atoms with Gasteiger partial charge in [0.25, 0.3) is 0 Å². The fourth-order valence-electron chi connectivity index (χ4n) is 2.08. The Bertz CT molecular complexity index is 431. The molecule has 3 heteroatoms. The molecule has 0 saturated carbocycles. The Morgan fingerprint density at radius 3 is 2.20 bits per heavy atom. The van der Waals surface area contributed by atoms with Crippen molar-refractivity contribution in [1.82, 2.24) is 5.32 Å². The first-order chi connectivity index (χ1) is 9.20. The van der Waals surface area contributed by atoms with E-state index >= 15 is 0 Å². The van der Waals surface area contributed by atoms with Gasteiger partial charge in [0.05, 0.1) is 0 Å². The first-order valence-electron chi connectivity index (χ1n) is 7.25. The highest BCUT2D eigenvalue weighted by atomic mass is 16.4. The Hall–Kier alpha value is -1.35. The fraction of sp³-hybridized carbons (Fsp3) is 0.588. The van der Waals surface area contributed by atoms with Gasteiger partial charge < -0.3 is 10.4 Å². The van der Waals surface area contributed by atoms with Gasteiger partial charge in [0.1, 0.15) is 6.04 Å². The second-order valence-electron chi connectivity index (χ2n) is 6.72. The zero-order chi connectivity index (χ0) is 15.3. The molecule has 0 radical (unpaired) electrons. The summed E-state index contributed by atoms with van der Waals surface area (Å²) >= 11 is 0. The summed E-state index contributed by atoms with van der Waals surface area (Å²) in [5.41, 5.74) is 2.82. The first kappa shape index (κ1) is 16.7. The highest BCUT2D eigenvalue weighted by Gasteiger charge is 2.14. The van der Waals surface area contributed by atoms with Crippen molar-refractivity contribution >= 4 is 5.97 Å². The van der Waals surface area contributed by atoms with Crippen LogP contribution < -0.4 is 5.32 Å². The van der Waals surface area contributed by atoms with Crippen LogP contribution >= 0.6 is 0 Å². The molecule has 0 aromatic heterocycles. The van der Waals surface area contributed by atoms with Crippen molar-refractivity contribution in [2.75, 3.05) is 6.54 Å². The van der Waals surface area contributed by atoms with Gasteiger partial charge in [-0.05, 0) is 42.3 Å².